The van der Waals surface area contributed by atoms with Gasteiger partial charge in [0.25, 0.3) is 0 Å². The molecule has 0 unspecified atom stereocenters. The number of hydrogen-bond acceptors (Lipinski definition) is 4. The zero-order valence-electron chi connectivity index (χ0n) is 6.87. The van der Waals surface area contributed by atoms with Crippen molar-refractivity contribution in [3.63, 3.8) is 0 Å². The summed E-state index contributed by atoms with van der Waals surface area (Å²) in [5.74, 6) is -0.283. The van der Waals surface area contributed by atoms with Gasteiger partial charge in [0.15, 0.2) is 5.01 Å². The summed E-state index contributed by atoms with van der Waals surface area (Å²) in [6.45, 7) is 0. The molecule has 0 aliphatic heterocycles. The monoisotopic (exact) mass is 321 g/mol. The van der Waals surface area contributed by atoms with Crippen LogP contribution in [0.2, 0.25) is 0 Å². The van der Waals surface area contributed by atoms with E-state index in [2.05, 4.69) is 32.8 Å². The van der Waals surface area contributed by atoms with E-state index in [9.17, 15) is 4.39 Å². The summed E-state index contributed by atoms with van der Waals surface area (Å²) in [6, 6.07) is 4.54. The number of halogens is 2. The molecule has 0 radical (unpaired) electrons. The molecule has 0 atom stereocenters. The SMILES string of the molecule is Nc1nnc(-c2cc(F)ccc2I)s1. The molecule has 0 amide bonds. The molecule has 2 rings (SSSR count). The summed E-state index contributed by atoms with van der Waals surface area (Å²) in [5, 5.41) is 8.58. The van der Waals surface area contributed by atoms with Gasteiger partial charge in [-0.25, -0.2) is 4.39 Å². The minimum Gasteiger partial charge on any atom is -0.374 e. The Balaban J connectivity index is 2.55. The third kappa shape index (κ3) is 1.85. The lowest BCUT2D eigenvalue weighted by atomic mass is 10.2. The average Bonchev–Trinajstić information content (AvgIpc) is 2.56. The first-order chi connectivity index (χ1) is 6.66. The van der Waals surface area contributed by atoms with Gasteiger partial charge in [-0.1, -0.05) is 11.3 Å². The fourth-order valence-corrected chi connectivity index (χ4v) is 2.42. The number of nitrogen functional groups attached to an aromatic ring is 1. The molecule has 1 heterocycles. The third-order valence-electron chi connectivity index (χ3n) is 1.60. The Bertz CT molecular complexity index is 471. The van der Waals surface area contributed by atoms with Gasteiger partial charge in [0.2, 0.25) is 5.13 Å². The van der Waals surface area contributed by atoms with Crippen molar-refractivity contribution >= 4 is 39.1 Å². The zero-order valence-corrected chi connectivity index (χ0v) is 9.84. The number of nitrogens with two attached hydrogens (primary N) is 1. The molecular formula is C8H5FIN3S. The molecule has 0 spiro atoms. The third-order valence-corrected chi connectivity index (χ3v) is 3.33. The quantitative estimate of drug-likeness (QED) is 0.821. The Kier molecular flexibility index (Phi) is 2.64. The van der Waals surface area contributed by atoms with Crippen LogP contribution in [0, 0.1) is 9.39 Å². The predicted octanol–water partition coefficient (Wildman–Crippen LogP) is 2.53. The van der Waals surface area contributed by atoms with Crippen molar-refractivity contribution in [2.75, 3.05) is 5.73 Å². The molecule has 6 heteroatoms. The molecule has 1 aromatic carbocycles. The molecule has 2 aromatic rings. The Morgan fingerprint density at radius 2 is 2.14 bits per heavy atom. The average molecular weight is 321 g/mol. The van der Waals surface area contributed by atoms with E-state index in [4.69, 9.17) is 5.73 Å². The van der Waals surface area contributed by atoms with E-state index in [1.165, 1.54) is 23.5 Å². The molecule has 1 aromatic heterocycles. The fourth-order valence-electron chi connectivity index (χ4n) is 1.00. The van der Waals surface area contributed by atoms with E-state index in [1.54, 1.807) is 6.07 Å². The van der Waals surface area contributed by atoms with Gasteiger partial charge in [0.05, 0.1) is 0 Å². The second-order valence-corrected chi connectivity index (χ2v) is 4.74. The van der Waals surface area contributed by atoms with E-state index in [-0.39, 0.29) is 5.82 Å². The van der Waals surface area contributed by atoms with Crippen molar-refractivity contribution in [1.29, 1.82) is 0 Å². The summed E-state index contributed by atoms with van der Waals surface area (Å²) in [6.07, 6.45) is 0. The summed E-state index contributed by atoms with van der Waals surface area (Å²) in [7, 11) is 0. The van der Waals surface area contributed by atoms with Gasteiger partial charge in [-0.3, -0.25) is 0 Å². The van der Waals surface area contributed by atoms with Crippen LogP contribution in [0.25, 0.3) is 10.6 Å². The highest BCUT2D eigenvalue weighted by Crippen LogP contribution is 2.29. The number of hydrogen-bond donors (Lipinski definition) is 1. The van der Waals surface area contributed by atoms with E-state index >= 15 is 0 Å². The highest BCUT2D eigenvalue weighted by Gasteiger charge is 2.09. The van der Waals surface area contributed by atoms with Gasteiger partial charge in [0, 0.05) is 9.13 Å². The Morgan fingerprint density at radius 1 is 1.36 bits per heavy atom. The Morgan fingerprint density at radius 3 is 2.79 bits per heavy atom. The van der Waals surface area contributed by atoms with Crippen molar-refractivity contribution in [3.05, 3.63) is 27.6 Å². The lowest BCUT2D eigenvalue weighted by molar-refractivity contribution is 0.628. The molecule has 0 aliphatic rings. The van der Waals surface area contributed by atoms with Crippen LogP contribution in [0.3, 0.4) is 0 Å². The van der Waals surface area contributed by atoms with Crippen LogP contribution in [-0.4, -0.2) is 10.2 Å². The van der Waals surface area contributed by atoms with E-state index in [0.717, 1.165) is 9.13 Å². The summed E-state index contributed by atoms with van der Waals surface area (Å²) >= 11 is 3.37. The topological polar surface area (TPSA) is 51.8 Å². The maximum Gasteiger partial charge on any atom is 0.203 e. The van der Waals surface area contributed by atoms with Crippen molar-refractivity contribution in [2.45, 2.75) is 0 Å². The van der Waals surface area contributed by atoms with Crippen molar-refractivity contribution in [3.8, 4) is 10.6 Å². The molecule has 0 saturated heterocycles. The van der Waals surface area contributed by atoms with Gasteiger partial charge in [-0.05, 0) is 40.8 Å². The first-order valence-electron chi connectivity index (χ1n) is 3.71. The smallest absolute Gasteiger partial charge is 0.203 e. The van der Waals surface area contributed by atoms with Gasteiger partial charge in [0.1, 0.15) is 5.82 Å². The van der Waals surface area contributed by atoms with Gasteiger partial charge >= 0.3 is 0 Å². The lowest BCUT2D eigenvalue weighted by Crippen LogP contribution is -1.84. The number of aromatic nitrogens is 2. The van der Waals surface area contributed by atoms with Crippen LogP contribution in [0.1, 0.15) is 0 Å². The van der Waals surface area contributed by atoms with Crippen molar-refractivity contribution < 1.29 is 4.39 Å². The van der Waals surface area contributed by atoms with Crippen LogP contribution in [0.4, 0.5) is 9.52 Å². The molecule has 72 valence electrons. The first-order valence-corrected chi connectivity index (χ1v) is 5.61. The number of benzene rings is 1. The van der Waals surface area contributed by atoms with Gasteiger partial charge in [-0.15, -0.1) is 10.2 Å². The summed E-state index contributed by atoms with van der Waals surface area (Å²) in [5.41, 5.74) is 6.19. The minimum absolute atomic E-state index is 0.283. The molecule has 3 nitrogen and oxygen atoms in total. The summed E-state index contributed by atoms with van der Waals surface area (Å²) in [4.78, 5) is 0. The molecular weight excluding hydrogens is 316 g/mol. The van der Waals surface area contributed by atoms with E-state index < -0.39 is 0 Å². The van der Waals surface area contributed by atoms with Crippen LogP contribution in [-0.2, 0) is 0 Å². The standard InChI is InChI=1S/C8H5FIN3S/c9-4-1-2-6(10)5(3-4)7-12-13-8(11)14-7/h1-3H,(H2,11,13). The molecule has 0 fully saturated rings. The fraction of sp³-hybridized carbons (Fsp3) is 0. The summed E-state index contributed by atoms with van der Waals surface area (Å²) < 4.78 is 13.9. The second kappa shape index (κ2) is 3.77. The molecule has 2 N–H and O–H groups in total. The lowest BCUT2D eigenvalue weighted by Gasteiger charge is -1.98. The maximum atomic E-state index is 13.0. The number of rotatable bonds is 1. The highest BCUT2D eigenvalue weighted by molar-refractivity contribution is 14.1. The predicted molar refractivity (Wildman–Crippen MR) is 62.4 cm³/mol. The maximum absolute atomic E-state index is 13.0. The van der Waals surface area contributed by atoms with Crippen LogP contribution in [0.5, 0.6) is 0 Å². The van der Waals surface area contributed by atoms with E-state index in [0.29, 0.717) is 10.1 Å². The minimum atomic E-state index is -0.283. The molecule has 0 bridgehead atoms. The van der Waals surface area contributed by atoms with Crippen LogP contribution in [0.15, 0.2) is 18.2 Å². The Labute approximate surface area is 97.3 Å². The van der Waals surface area contributed by atoms with E-state index in [1.807, 2.05) is 0 Å². The zero-order chi connectivity index (χ0) is 10.1. The largest absolute Gasteiger partial charge is 0.374 e. The van der Waals surface area contributed by atoms with Crippen LogP contribution >= 0.6 is 33.9 Å². The second-order valence-electron chi connectivity index (χ2n) is 2.57. The molecule has 0 saturated carbocycles. The molecule has 14 heavy (non-hydrogen) atoms. The molecule has 0 aliphatic carbocycles. The normalized spacial score (nSPS) is 10.4. The number of nitrogens with zero attached hydrogens (tertiary/aromatic N) is 2. The van der Waals surface area contributed by atoms with Crippen molar-refractivity contribution in [1.82, 2.24) is 10.2 Å². The number of anilines is 1. The Hall–Kier alpha value is -0.760. The van der Waals surface area contributed by atoms with Crippen molar-refractivity contribution in [2.24, 2.45) is 0 Å². The first kappa shape index (κ1) is 9.78. The highest BCUT2D eigenvalue weighted by atomic mass is 127. The van der Waals surface area contributed by atoms with Gasteiger partial charge < -0.3 is 5.73 Å². The van der Waals surface area contributed by atoms with Crippen LogP contribution < -0.4 is 5.73 Å². The van der Waals surface area contributed by atoms with Gasteiger partial charge in [-0.2, -0.15) is 0 Å².